The fraction of sp³-hybridized carbons (Fsp3) is 0.182. The molecule has 16 heavy (non-hydrogen) atoms. The van der Waals surface area contributed by atoms with Crippen molar-refractivity contribution in [2.75, 3.05) is 7.11 Å². The summed E-state index contributed by atoms with van der Waals surface area (Å²) < 4.78 is 6.67. The molecule has 1 heterocycles. The molecule has 0 aliphatic rings. The Morgan fingerprint density at radius 2 is 2.31 bits per heavy atom. The standard InChI is InChI=1S/C11H10ClNO3/c1-16-7-2-3-8-9(12)5-13(6-11(14)15)10(8)4-7/h2-5H,6H2,1H3,(H,14,15). The number of carboxylic acid groups (broad SMARTS) is 1. The number of carboxylic acids is 1. The second kappa shape index (κ2) is 4.06. The van der Waals surface area contributed by atoms with Crippen molar-refractivity contribution in [1.82, 2.24) is 4.57 Å². The van der Waals surface area contributed by atoms with Gasteiger partial charge in [-0.1, -0.05) is 11.6 Å². The van der Waals surface area contributed by atoms with Crippen LogP contribution in [0.25, 0.3) is 10.9 Å². The minimum Gasteiger partial charge on any atom is -0.497 e. The highest BCUT2D eigenvalue weighted by atomic mass is 35.5. The number of ether oxygens (including phenoxy) is 1. The lowest BCUT2D eigenvalue weighted by molar-refractivity contribution is -0.137. The number of halogens is 1. The van der Waals surface area contributed by atoms with Crippen molar-refractivity contribution in [3.05, 3.63) is 29.4 Å². The third-order valence-electron chi connectivity index (χ3n) is 2.35. The average molecular weight is 240 g/mol. The summed E-state index contributed by atoms with van der Waals surface area (Å²) in [6, 6.07) is 5.37. The molecule has 0 bridgehead atoms. The summed E-state index contributed by atoms with van der Waals surface area (Å²) in [5.41, 5.74) is 0.756. The number of rotatable bonds is 3. The molecule has 0 atom stereocenters. The van der Waals surface area contributed by atoms with E-state index in [4.69, 9.17) is 21.4 Å². The van der Waals surface area contributed by atoms with Gasteiger partial charge in [0.05, 0.1) is 17.6 Å². The predicted molar refractivity (Wildman–Crippen MR) is 61.1 cm³/mol. The van der Waals surface area contributed by atoms with Crippen LogP contribution in [0.4, 0.5) is 0 Å². The van der Waals surface area contributed by atoms with E-state index in [2.05, 4.69) is 0 Å². The Morgan fingerprint density at radius 1 is 1.56 bits per heavy atom. The molecule has 0 unspecified atom stereocenters. The summed E-state index contributed by atoms with van der Waals surface area (Å²) in [4.78, 5) is 10.7. The van der Waals surface area contributed by atoms with E-state index in [0.29, 0.717) is 10.8 Å². The van der Waals surface area contributed by atoms with Gasteiger partial charge in [0.25, 0.3) is 0 Å². The third-order valence-corrected chi connectivity index (χ3v) is 2.65. The second-order valence-electron chi connectivity index (χ2n) is 3.38. The number of aliphatic carboxylic acids is 1. The maximum Gasteiger partial charge on any atom is 0.323 e. The molecule has 0 saturated heterocycles. The summed E-state index contributed by atoms with van der Waals surface area (Å²) in [5, 5.41) is 10.1. The first kappa shape index (κ1) is 10.8. The zero-order valence-corrected chi connectivity index (χ0v) is 9.36. The van der Waals surface area contributed by atoms with Gasteiger partial charge in [-0.2, -0.15) is 0 Å². The first-order valence-electron chi connectivity index (χ1n) is 4.66. The molecule has 1 N–H and O–H groups in total. The number of aromatic nitrogens is 1. The molecule has 0 saturated carbocycles. The van der Waals surface area contributed by atoms with E-state index in [-0.39, 0.29) is 6.54 Å². The summed E-state index contributed by atoms with van der Waals surface area (Å²) >= 11 is 6.00. The molecule has 5 heteroatoms. The number of hydrogen-bond acceptors (Lipinski definition) is 2. The Labute approximate surface area is 97.0 Å². The topological polar surface area (TPSA) is 51.5 Å². The fourth-order valence-electron chi connectivity index (χ4n) is 1.63. The van der Waals surface area contributed by atoms with Crippen LogP contribution < -0.4 is 4.74 Å². The van der Waals surface area contributed by atoms with Crippen LogP contribution in [0.5, 0.6) is 5.75 Å². The molecule has 0 fully saturated rings. The van der Waals surface area contributed by atoms with Crippen LogP contribution in [0, 0.1) is 0 Å². The van der Waals surface area contributed by atoms with E-state index in [1.807, 2.05) is 6.07 Å². The Hall–Kier alpha value is -1.68. The third kappa shape index (κ3) is 1.84. The van der Waals surface area contributed by atoms with Crippen molar-refractivity contribution < 1.29 is 14.6 Å². The number of carbonyl (C=O) groups is 1. The van der Waals surface area contributed by atoms with Gasteiger partial charge in [0, 0.05) is 17.6 Å². The molecule has 84 valence electrons. The number of fused-ring (bicyclic) bond motifs is 1. The Balaban J connectivity index is 2.60. The van der Waals surface area contributed by atoms with Crippen LogP contribution >= 0.6 is 11.6 Å². The number of hydrogen-bond donors (Lipinski definition) is 1. The normalized spacial score (nSPS) is 10.6. The Kier molecular flexibility index (Phi) is 2.75. The van der Waals surface area contributed by atoms with Crippen LogP contribution in [0.2, 0.25) is 5.02 Å². The van der Waals surface area contributed by atoms with Gasteiger partial charge in [-0.25, -0.2) is 0 Å². The largest absolute Gasteiger partial charge is 0.497 e. The summed E-state index contributed by atoms with van der Waals surface area (Å²) in [7, 11) is 1.56. The lowest BCUT2D eigenvalue weighted by Gasteiger charge is -2.03. The van der Waals surface area contributed by atoms with Crippen molar-refractivity contribution >= 4 is 28.5 Å². The van der Waals surface area contributed by atoms with Crippen molar-refractivity contribution in [1.29, 1.82) is 0 Å². The van der Waals surface area contributed by atoms with Gasteiger partial charge in [0.1, 0.15) is 12.3 Å². The zero-order valence-electron chi connectivity index (χ0n) is 8.61. The van der Waals surface area contributed by atoms with Gasteiger partial charge < -0.3 is 14.4 Å². The molecule has 1 aromatic carbocycles. The van der Waals surface area contributed by atoms with Crippen LogP contribution in [-0.4, -0.2) is 22.8 Å². The summed E-state index contributed by atoms with van der Waals surface area (Å²) in [6.07, 6.45) is 1.61. The van der Waals surface area contributed by atoms with Gasteiger partial charge in [-0.15, -0.1) is 0 Å². The van der Waals surface area contributed by atoms with Crippen LogP contribution in [0.15, 0.2) is 24.4 Å². The molecule has 0 aliphatic carbocycles. The Bertz CT molecular complexity index is 547. The molecule has 0 aliphatic heterocycles. The second-order valence-corrected chi connectivity index (χ2v) is 3.79. The monoisotopic (exact) mass is 239 g/mol. The van der Waals surface area contributed by atoms with Crippen LogP contribution in [0.1, 0.15) is 0 Å². The minimum absolute atomic E-state index is 0.115. The van der Waals surface area contributed by atoms with Gasteiger partial charge in [0.2, 0.25) is 0 Å². The van der Waals surface area contributed by atoms with Gasteiger partial charge >= 0.3 is 5.97 Å². The van der Waals surface area contributed by atoms with E-state index < -0.39 is 5.97 Å². The van der Waals surface area contributed by atoms with E-state index in [1.54, 1.807) is 30.0 Å². The first-order valence-corrected chi connectivity index (χ1v) is 5.04. The lowest BCUT2D eigenvalue weighted by atomic mass is 10.2. The highest BCUT2D eigenvalue weighted by molar-refractivity contribution is 6.35. The van der Waals surface area contributed by atoms with E-state index in [1.165, 1.54) is 0 Å². The highest BCUT2D eigenvalue weighted by Crippen LogP contribution is 2.28. The molecule has 4 nitrogen and oxygen atoms in total. The number of methoxy groups -OCH3 is 1. The molecule has 2 aromatic rings. The predicted octanol–water partition coefficient (Wildman–Crippen LogP) is 2.39. The minimum atomic E-state index is -0.906. The quantitative estimate of drug-likeness (QED) is 0.895. The maximum atomic E-state index is 10.7. The average Bonchev–Trinajstić information content (AvgIpc) is 2.54. The highest BCUT2D eigenvalue weighted by Gasteiger charge is 2.09. The van der Waals surface area contributed by atoms with E-state index >= 15 is 0 Å². The SMILES string of the molecule is COc1ccc2c(Cl)cn(CC(=O)O)c2c1. The van der Waals surface area contributed by atoms with E-state index in [0.717, 1.165) is 10.9 Å². The molecular formula is C11H10ClNO3. The molecule has 2 rings (SSSR count). The van der Waals surface area contributed by atoms with Crippen molar-refractivity contribution in [2.45, 2.75) is 6.54 Å². The van der Waals surface area contributed by atoms with E-state index in [9.17, 15) is 4.79 Å². The molecular weight excluding hydrogens is 230 g/mol. The van der Waals surface area contributed by atoms with Gasteiger partial charge in [-0.05, 0) is 12.1 Å². The molecule has 0 spiro atoms. The first-order chi connectivity index (χ1) is 7.61. The van der Waals surface area contributed by atoms with Gasteiger partial charge in [-0.3, -0.25) is 4.79 Å². The van der Waals surface area contributed by atoms with Crippen LogP contribution in [0.3, 0.4) is 0 Å². The molecule has 1 aromatic heterocycles. The smallest absolute Gasteiger partial charge is 0.323 e. The summed E-state index contributed by atoms with van der Waals surface area (Å²) in [6.45, 7) is -0.115. The number of nitrogens with zero attached hydrogens (tertiary/aromatic N) is 1. The fourth-order valence-corrected chi connectivity index (χ4v) is 1.91. The zero-order chi connectivity index (χ0) is 11.7. The Morgan fingerprint density at radius 3 is 2.94 bits per heavy atom. The summed E-state index contributed by atoms with van der Waals surface area (Å²) in [5.74, 6) is -0.231. The molecule has 0 amide bonds. The number of benzene rings is 1. The van der Waals surface area contributed by atoms with Crippen LogP contribution in [-0.2, 0) is 11.3 Å². The van der Waals surface area contributed by atoms with Crippen molar-refractivity contribution in [3.8, 4) is 5.75 Å². The maximum absolute atomic E-state index is 10.7. The van der Waals surface area contributed by atoms with Crippen molar-refractivity contribution in [3.63, 3.8) is 0 Å². The van der Waals surface area contributed by atoms with Crippen molar-refractivity contribution in [2.24, 2.45) is 0 Å². The van der Waals surface area contributed by atoms with Gasteiger partial charge in [0.15, 0.2) is 0 Å². The molecule has 0 radical (unpaired) electrons. The lowest BCUT2D eigenvalue weighted by Crippen LogP contribution is -2.07.